The van der Waals surface area contributed by atoms with Gasteiger partial charge in [0, 0.05) is 18.0 Å². The molecule has 0 saturated heterocycles. The molecule has 5 nitrogen and oxygen atoms in total. The predicted octanol–water partition coefficient (Wildman–Crippen LogP) is 1.63. The molecule has 17 heavy (non-hydrogen) atoms. The molecule has 1 N–H and O–H groups in total. The van der Waals surface area contributed by atoms with Gasteiger partial charge in [0.05, 0.1) is 6.54 Å². The van der Waals surface area contributed by atoms with Gasteiger partial charge in [-0.15, -0.1) is 0 Å². The molecule has 5 heteroatoms. The van der Waals surface area contributed by atoms with Gasteiger partial charge in [-0.05, 0) is 37.4 Å². The first-order valence-electron chi connectivity index (χ1n) is 5.85. The molecule has 0 atom stereocenters. The third-order valence-corrected chi connectivity index (χ3v) is 2.79. The third kappa shape index (κ3) is 2.68. The molecule has 2 heterocycles. The van der Waals surface area contributed by atoms with E-state index in [1.165, 1.54) is 12.8 Å². The van der Waals surface area contributed by atoms with Gasteiger partial charge in [-0.2, -0.15) is 4.98 Å². The minimum absolute atomic E-state index is 0.598. The van der Waals surface area contributed by atoms with E-state index in [0.29, 0.717) is 18.3 Å². The topological polar surface area (TPSA) is 63.8 Å². The third-order valence-electron chi connectivity index (χ3n) is 2.79. The second-order valence-corrected chi connectivity index (χ2v) is 4.33. The van der Waals surface area contributed by atoms with Crippen LogP contribution in [0.25, 0.3) is 11.4 Å². The molecule has 1 fully saturated rings. The fourth-order valence-corrected chi connectivity index (χ4v) is 1.64. The normalized spacial score (nSPS) is 15.1. The van der Waals surface area contributed by atoms with Crippen molar-refractivity contribution in [3.8, 4) is 11.4 Å². The molecule has 0 spiro atoms. The summed E-state index contributed by atoms with van der Waals surface area (Å²) in [5, 5.41) is 7.25. The summed E-state index contributed by atoms with van der Waals surface area (Å²) in [7, 11) is 0. The van der Waals surface area contributed by atoms with E-state index in [0.717, 1.165) is 18.0 Å². The maximum atomic E-state index is 5.17. The predicted molar refractivity (Wildman–Crippen MR) is 62.0 cm³/mol. The van der Waals surface area contributed by atoms with Crippen molar-refractivity contribution in [2.75, 3.05) is 6.54 Å². The first-order valence-corrected chi connectivity index (χ1v) is 5.85. The van der Waals surface area contributed by atoms with Gasteiger partial charge in [0.15, 0.2) is 0 Å². The van der Waals surface area contributed by atoms with Crippen LogP contribution in [0, 0.1) is 5.92 Å². The highest BCUT2D eigenvalue weighted by molar-refractivity contribution is 5.51. The Hall–Kier alpha value is -1.75. The second-order valence-electron chi connectivity index (χ2n) is 4.33. The number of rotatable bonds is 5. The highest BCUT2D eigenvalue weighted by Gasteiger charge is 2.20. The minimum Gasteiger partial charge on any atom is -0.338 e. The lowest BCUT2D eigenvalue weighted by Gasteiger charge is -1.97. The van der Waals surface area contributed by atoms with Crippen LogP contribution in [0.15, 0.2) is 29.0 Å². The summed E-state index contributed by atoms with van der Waals surface area (Å²) in [5.74, 6) is 2.08. The van der Waals surface area contributed by atoms with E-state index in [1.807, 2.05) is 12.1 Å². The number of hydrogen-bond donors (Lipinski definition) is 1. The number of nitrogens with one attached hydrogen (secondary N) is 1. The van der Waals surface area contributed by atoms with Crippen molar-refractivity contribution in [3.05, 3.63) is 30.4 Å². The molecule has 0 bridgehead atoms. The van der Waals surface area contributed by atoms with E-state index in [-0.39, 0.29) is 0 Å². The molecule has 3 rings (SSSR count). The summed E-state index contributed by atoms with van der Waals surface area (Å²) < 4.78 is 5.17. The maximum absolute atomic E-state index is 5.17. The molecular formula is C12H14N4O. The van der Waals surface area contributed by atoms with Crippen molar-refractivity contribution >= 4 is 0 Å². The van der Waals surface area contributed by atoms with E-state index in [9.17, 15) is 0 Å². The number of aromatic nitrogens is 3. The quantitative estimate of drug-likeness (QED) is 0.845. The summed E-state index contributed by atoms with van der Waals surface area (Å²) >= 11 is 0. The van der Waals surface area contributed by atoms with E-state index in [1.54, 1.807) is 12.4 Å². The van der Waals surface area contributed by atoms with E-state index in [2.05, 4.69) is 20.4 Å². The molecule has 1 aliphatic carbocycles. The van der Waals surface area contributed by atoms with Crippen LogP contribution in [0.2, 0.25) is 0 Å². The SMILES string of the molecule is c1cncc(-c2noc(CNCC3CC3)n2)c1. The molecule has 2 aromatic rings. The Morgan fingerprint density at radius 1 is 1.41 bits per heavy atom. The Morgan fingerprint density at radius 3 is 3.12 bits per heavy atom. The van der Waals surface area contributed by atoms with Crippen LogP contribution in [0.5, 0.6) is 0 Å². The number of pyridine rings is 1. The fourth-order valence-electron chi connectivity index (χ4n) is 1.64. The standard InChI is InChI=1S/C12H14N4O/c1-2-10(7-13-5-1)12-15-11(17-16-12)8-14-6-9-3-4-9/h1-2,5,7,9,14H,3-4,6,8H2. The monoisotopic (exact) mass is 230 g/mol. The van der Waals surface area contributed by atoms with Crippen LogP contribution in [0.3, 0.4) is 0 Å². The number of hydrogen-bond acceptors (Lipinski definition) is 5. The van der Waals surface area contributed by atoms with E-state index < -0.39 is 0 Å². The Balaban J connectivity index is 1.61. The average molecular weight is 230 g/mol. The maximum Gasteiger partial charge on any atom is 0.240 e. The molecule has 1 aliphatic rings. The van der Waals surface area contributed by atoms with Crippen LogP contribution in [0.4, 0.5) is 0 Å². The highest BCUT2D eigenvalue weighted by atomic mass is 16.5. The van der Waals surface area contributed by atoms with Crippen molar-refractivity contribution in [3.63, 3.8) is 0 Å². The van der Waals surface area contributed by atoms with Crippen molar-refractivity contribution in [1.82, 2.24) is 20.4 Å². The minimum atomic E-state index is 0.598. The Bertz CT molecular complexity index is 478. The summed E-state index contributed by atoms with van der Waals surface area (Å²) in [4.78, 5) is 8.34. The summed E-state index contributed by atoms with van der Waals surface area (Å²) in [6, 6.07) is 3.77. The van der Waals surface area contributed by atoms with Crippen LogP contribution in [0.1, 0.15) is 18.7 Å². The molecule has 2 aromatic heterocycles. The Morgan fingerprint density at radius 2 is 2.35 bits per heavy atom. The first kappa shape index (κ1) is 10.4. The molecule has 0 aromatic carbocycles. The molecular weight excluding hydrogens is 216 g/mol. The lowest BCUT2D eigenvalue weighted by atomic mass is 10.3. The zero-order valence-corrected chi connectivity index (χ0v) is 9.47. The Kier molecular flexibility index (Phi) is 2.83. The van der Waals surface area contributed by atoms with Gasteiger partial charge in [-0.1, -0.05) is 5.16 Å². The van der Waals surface area contributed by atoms with Gasteiger partial charge < -0.3 is 9.84 Å². The second kappa shape index (κ2) is 4.63. The zero-order chi connectivity index (χ0) is 11.5. The van der Waals surface area contributed by atoms with Gasteiger partial charge in [0.1, 0.15) is 0 Å². The van der Waals surface area contributed by atoms with Crippen molar-refractivity contribution in [1.29, 1.82) is 0 Å². The fraction of sp³-hybridized carbons (Fsp3) is 0.417. The molecule has 0 unspecified atom stereocenters. The van der Waals surface area contributed by atoms with Gasteiger partial charge in [-0.3, -0.25) is 4.98 Å². The zero-order valence-electron chi connectivity index (χ0n) is 9.47. The summed E-state index contributed by atoms with van der Waals surface area (Å²) in [5.41, 5.74) is 0.879. The molecule has 0 aliphatic heterocycles. The smallest absolute Gasteiger partial charge is 0.240 e. The first-order chi connectivity index (χ1) is 8.42. The van der Waals surface area contributed by atoms with Gasteiger partial charge in [0.25, 0.3) is 0 Å². The van der Waals surface area contributed by atoms with Gasteiger partial charge >= 0.3 is 0 Å². The van der Waals surface area contributed by atoms with Gasteiger partial charge in [0.2, 0.25) is 11.7 Å². The highest BCUT2D eigenvalue weighted by Crippen LogP contribution is 2.27. The van der Waals surface area contributed by atoms with E-state index >= 15 is 0 Å². The average Bonchev–Trinajstić information content (AvgIpc) is 3.07. The van der Waals surface area contributed by atoms with Crippen molar-refractivity contribution in [2.24, 2.45) is 5.92 Å². The lowest BCUT2D eigenvalue weighted by molar-refractivity contribution is 0.367. The van der Waals surface area contributed by atoms with Gasteiger partial charge in [-0.25, -0.2) is 0 Å². The lowest BCUT2D eigenvalue weighted by Crippen LogP contribution is -2.16. The van der Waals surface area contributed by atoms with Crippen LogP contribution < -0.4 is 5.32 Å². The molecule has 0 radical (unpaired) electrons. The summed E-state index contributed by atoms with van der Waals surface area (Å²) in [6.45, 7) is 1.69. The number of nitrogens with zero attached hydrogens (tertiary/aromatic N) is 3. The molecule has 1 saturated carbocycles. The summed E-state index contributed by atoms with van der Waals surface area (Å²) in [6.07, 6.45) is 6.14. The largest absolute Gasteiger partial charge is 0.338 e. The van der Waals surface area contributed by atoms with Crippen LogP contribution in [-0.4, -0.2) is 21.7 Å². The van der Waals surface area contributed by atoms with Crippen molar-refractivity contribution < 1.29 is 4.52 Å². The van der Waals surface area contributed by atoms with Crippen molar-refractivity contribution in [2.45, 2.75) is 19.4 Å². The molecule has 88 valence electrons. The van der Waals surface area contributed by atoms with E-state index in [4.69, 9.17) is 4.52 Å². The van der Waals surface area contributed by atoms with Crippen LogP contribution >= 0.6 is 0 Å². The molecule has 0 amide bonds. The van der Waals surface area contributed by atoms with Crippen LogP contribution in [-0.2, 0) is 6.54 Å². The Labute approximate surface area is 99.3 Å².